The van der Waals surface area contributed by atoms with E-state index in [1.54, 1.807) is 12.1 Å². The van der Waals surface area contributed by atoms with Gasteiger partial charge in [-0.1, -0.05) is 6.07 Å². The minimum atomic E-state index is -1.12. The van der Waals surface area contributed by atoms with Gasteiger partial charge in [-0.05, 0) is 24.6 Å². The molecule has 0 bridgehead atoms. The van der Waals surface area contributed by atoms with Crippen LogP contribution in [0.5, 0.6) is 0 Å². The largest absolute Gasteiger partial charge is 0.477 e. The van der Waals surface area contributed by atoms with Gasteiger partial charge in [-0.25, -0.2) is 9.31 Å². The highest BCUT2D eigenvalue weighted by atomic mass is 16.4. The highest BCUT2D eigenvalue weighted by Crippen LogP contribution is 2.15. The van der Waals surface area contributed by atoms with Gasteiger partial charge < -0.3 is 10.1 Å². The summed E-state index contributed by atoms with van der Waals surface area (Å²) in [6, 6.07) is 5.33. The summed E-state index contributed by atoms with van der Waals surface area (Å²) in [6.45, 7) is 1.90. The number of nitrogens with zero attached hydrogens (tertiary/aromatic N) is 2. The summed E-state index contributed by atoms with van der Waals surface area (Å²) in [5.41, 5.74) is 1.43. The van der Waals surface area contributed by atoms with E-state index >= 15 is 0 Å². The first-order valence-electron chi connectivity index (χ1n) is 5.31. The zero-order valence-electron chi connectivity index (χ0n) is 9.47. The van der Waals surface area contributed by atoms with E-state index in [9.17, 15) is 9.59 Å². The second kappa shape index (κ2) is 3.43. The monoisotopic (exact) mass is 243 g/mol. The Morgan fingerprint density at radius 2 is 2.22 bits per heavy atom. The Morgan fingerprint density at radius 3 is 2.94 bits per heavy atom. The summed E-state index contributed by atoms with van der Waals surface area (Å²) < 4.78 is 1.44. The second-order valence-corrected chi connectivity index (χ2v) is 4.10. The van der Waals surface area contributed by atoms with E-state index in [-0.39, 0.29) is 16.8 Å². The van der Waals surface area contributed by atoms with E-state index in [0.29, 0.717) is 10.9 Å². The number of nitrogens with one attached hydrogen (secondary N) is 1. The predicted octanol–water partition coefficient (Wildman–Crippen LogP) is 1.18. The Labute approximate surface area is 100 Å². The maximum atomic E-state index is 11.9. The van der Waals surface area contributed by atoms with Crippen LogP contribution in [-0.4, -0.2) is 25.7 Å². The highest BCUT2D eigenvalue weighted by Gasteiger charge is 2.14. The van der Waals surface area contributed by atoms with E-state index in [1.165, 1.54) is 10.7 Å². The first-order valence-corrected chi connectivity index (χ1v) is 5.31. The van der Waals surface area contributed by atoms with Gasteiger partial charge in [0.1, 0.15) is 5.56 Å². The third-order valence-corrected chi connectivity index (χ3v) is 2.86. The maximum absolute atomic E-state index is 11.9. The van der Waals surface area contributed by atoms with Gasteiger partial charge in [0.15, 0.2) is 5.65 Å². The molecule has 2 N–H and O–H groups in total. The number of aryl methyl sites for hydroxylation is 1. The molecule has 3 aromatic rings. The molecule has 0 fully saturated rings. The minimum absolute atomic E-state index is 0.0180. The number of carbonyl (C=O) groups is 1. The molecule has 0 aliphatic rings. The molecule has 1 aromatic carbocycles. The fraction of sp³-hybridized carbons (Fsp3) is 0.0833. The van der Waals surface area contributed by atoms with Gasteiger partial charge in [0.05, 0.1) is 17.1 Å². The van der Waals surface area contributed by atoms with Crippen LogP contribution in [0.3, 0.4) is 0 Å². The van der Waals surface area contributed by atoms with Gasteiger partial charge in [0, 0.05) is 0 Å². The lowest BCUT2D eigenvalue weighted by Crippen LogP contribution is -2.11. The first kappa shape index (κ1) is 10.5. The van der Waals surface area contributed by atoms with Crippen LogP contribution in [-0.2, 0) is 0 Å². The van der Waals surface area contributed by atoms with Crippen molar-refractivity contribution in [3.05, 3.63) is 45.9 Å². The molecule has 2 aromatic heterocycles. The second-order valence-electron chi connectivity index (χ2n) is 4.10. The molecule has 0 spiro atoms. The Kier molecular flexibility index (Phi) is 2.00. The van der Waals surface area contributed by atoms with Crippen LogP contribution in [0.4, 0.5) is 0 Å². The molecule has 6 nitrogen and oxygen atoms in total. The summed E-state index contributed by atoms with van der Waals surface area (Å²) in [5, 5.41) is 13.5. The van der Waals surface area contributed by atoms with Crippen molar-refractivity contribution in [1.82, 2.24) is 14.6 Å². The molecule has 6 heteroatoms. The number of aromatic nitrogens is 3. The Morgan fingerprint density at radius 1 is 1.44 bits per heavy atom. The van der Waals surface area contributed by atoms with Crippen molar-refractivity contribution in [2.75, 3.05) is 0 Å². The Hall–Kier alpha value is -2.63. The summed E-state index contributed by atoms with van der Waals surface area (Å²) in [7, 11) is 0. The molecule has 0 atom stereocenters. The summed E-state index contributed by atoms with van der Waals surface area (Å²) >= 11 is 0. The van der Waals surface area contributed by atoms with E-state index in [4.69, 9.17) is 5.11 Å². The van der Waals surface area contributed by atoms with Crippen molar-refractivity contribution in [2.45, 2.75) is 6.92 Å². The number of hydrogen-bond donors (Lipinski definition) is 2. The predicted molar refractivity (Wildman–Crippen MR) is 65.0 cm³/mol. The molecule has 0 aliphatic heterocycles. The van der Waals surface area contributed by atoms with Crippen molar-refractivity contribution in [3.8, 4) is 0 Å². The number of H-pyrrole nitrogens is 1. The average molecular weight is 243 g/mol. The molecular formula is C12H9N3O3. The van der Waals surface area contributed by atoms with Crippen LogP contribution in [0.2, 0.25) is 0 Å². The van der Waals surface area contributed by atoms with Crippen molar-refractivity contribution in [2.24, 2.45) is 0 Å². The van der Waals surface area contributed by atoms with Crippen molar-refractivity contribution in [3.63, 3.8) is 0 Å². The standard InChI is InChI=1S/C12H9N3O3/c1-6-2-3-7-9(4-6)15-10(14-11(7)16)8(5-13-15)12(17)18/h2-5H,1H3,(H,14,16)(H,17,18). The molecule has 0 aliphatic carbocycles. The number of benzene rings is 1. The lowest BCUT2D eigenvalue weighted by Gasteiger charge is -2.02. The van der Waals surface area contributed by atoms with E-state index < -0.39 is 5.97 Å². The third kappa shape index (κ3) is 1.32. The van der Waals surface area contributed by atoms with Gasteiger partial charge in [0.25, 0.3) is 5.56 Å². The van der Waals surface area contributed by atoms with E-state index in [0.717, 1.165) is 5.56 Å². The zero-order chi connectivity index (χ0) is 12.9. The van der Waals surface area contributed by atoms with Crippen molar-refractivity contribution in [1.29, 1.82) is 0 Å². The van der Waals surface area contributed by atoms with Crippen LogP contribution in [0.25, 0.3) is 16.6 Å². The lowest BCUT2D eigenvalue weighted by atomic mass is 10.2. The summed E-state index contributed by atoms with van der Waals surface area (Å²) in [4.78, 5) is 25.4. The fourth-order valence-electron chi connectivity index (χ4n) is 1.99. The minimum Gasteiger partial charge on any atom is -0.477 e. The van der Waals surface area contributed by atoms with Crippen LogP contribution < -0.4 is 5.56 Å². The van der Waals surface area contributed by atoms with Gasteiger partial charge >= 0.3 is 5.97 Å². The highest BCUT2D eigenvalue weighted by molar-refractivity contribution is 5.95. The van der Waals surface area contributed by atoms with Gasteiger partial charge in [-0.3, -0.25) is 4.79 Å². The third-order valence-electron chi connectivity index (χ3n) is 2.86. The maximum Gasteiger partial charge on any atom is 0.341 e. The molecular weight excluding hydrogens is 234 g/mol. The quantitative estimate of drug-likeness (QED) is 0.671. The van der Waals surface area contributed by atoms with Gasteiger partial charge in [0.2, 0.25) is 0 Å². The number of fused-ring (bicyclic) bond motifs is 3. The summed E-state index contributed by atoms with van der Waals surface area (Å²) in [5.74, 6) is -1.12. The van der Waals surface area contributed by atoms with Gasteiger partial charge in [-0.15, -0.1) is 0 Å². The zero-order valence-corrected chi connectivity index (χ0v) is 9.47. The smallest absolute Gasteiger partial charge is 0.341 e. The van der Waals surface area contributed by atoms with Crippen molar-refractivity contribution >= 4 is 22.5 Å². The fourth-order valence-corrected chi connectivity index (χ4v) is 1.99. The molecule has 18 heavy (non-hydrogen) atoms. The topological polar surface area (TPSA) is 87.5 Å². The molecule has 3 rings (SSSR count). The van der Waals surface area contributed by atoms with Crippen LogP contribution in [0.15, 0.2) is 29.2 Å². The molecule has 90 valence electrons. The average Bonchev–Trinajstić information content (AvgIpc) is 2.72. The number of carboxylic acids is 1. The van der Waals surface area contributed by atoms with E-state index in [1.807, 2.05) is 13.0 Å². The van der Waals surface area contributed by atoms with Crippen LogP contribution in [0.1, 0.15) is 15.9 Å². The summed E-state index contributed by atoms with van der Waals surface area (Å²) in [6.07, 6.45) is 1.23. The Bertz CT molecular complexity index is 845. The number of carboxylic acid groups (broad SMARTS) is 1. The molecule has 0 saturated carbocycles. The van der Waals surface area contributed by atoms with Crippen molar-refractivity contribution < 1.29 is 9.90 Å². The molecule has 0 saturated heterocycles. The molecule has 0 amide bonds. The van der Waals surface area contributed by atoms with Crippen LogP contribution in [0, 0.1) is 6.92 Å². The number of aromatic amines is 1. The van der Waals surface area contributed by atoms with E-state index in [2.05, 4.69) is 10.1 Å². The number of rotatable bonds is 1. The SMILES string of the molecule is Cc1ccc2c(=O)[nH]c3c(C(=O)O)cnn3c2c1. The molecule has 2 heterocycles. The van der Waals surface area contributed by atoms with Gasteiger partial charge in [-0.2, -0.15) is 5.10 Å². The number of aromatic carboxylic acids is 1. The normalized spacial score (nSPS) is 11.2. The number of hydrogen-bond acceptors (Lipinski definition) is 3. The molecule has 0 unspecified atom stereocenters. The first-order chi connectivity index (χ1) is 8.58. The van der Waals surface area contributed by atoms with Crippen LogP contribution >= 0.6 is 0 Å². The Balaban J connectivity index is 2.58. The lowest BCUT2D eigenvalue weighted by molar-refractivity contribution is 0.0699. The molecule has 0 radical (unpaired) electrons.